The van der Waals surface area contributed by atoms with E-state index in [4.69, 9.17) is 21.1 Å². The highest BCUT2D eigenvalue weighted by molar-refractivity contribution is 6.31. The Morgan fingerprint density at radius 1 is 0.895 bits per heavy atom. The van der Waals surface area contributed by atoms with Gasteiger partial charge in [0.2, 0.25) is 0 Å². The zero-order valence-corrected chi connectivity index (χ0v) is 11.3. The molecule has 0 fully saturated rings. The highest BCUT2D eigenvalue weighted by atomic mass is 35.5. The van der Waals surface area contributed by atoms with E-state index in [-0.39, 0.29) is 0 Å². The first-order valence-electron chi connectivity index (χ1n) is 6.14. The third-order valence-corrected chi connectivity index (χ3v) is 2.98. The van der Waals surface area contributed by atoms with Crippen LogP contribution in [0.1, 0.15) is 11.1 Å². The Balaban J connectivity index is 1.59. The molecule has 0 bridgehead atoms. The number of rotatable bonds is 7. The Morgan fingerprint density at radius 2 is 1.63 bits per heavy atom. The highest BCUT2D eigenvalue weighted by Crippen LogP contribution is 2.15. The Labute approximate surface area is 118 Å². The minimum atomic E-state index is 0.458. The molecule has 0 heterocycles. The first-order valence-corrected chi connectivity index (χ1v) is 6.52. The van der Waals surface area contributed by atoms with Crippen LogP contribution in [0.4, 0.5) is 0 Å². The molecule has 0 aromatic heterocycles. The average molecular weight is 276 g/mol. The van der Waals surface area contributed by atoms with Crippen molar-refractivity contribution in [2.75, 3.05) is 6.61 Å². The molecule has 2 nitrogen and oxygen atoms in total. The summed E-state index contributed by atoms with van der Waals surface area (Å²) < 4.78 is 10.9. The second-order valence-corrected chi connectivity index (χ2v) is 4.48. The Bertz CT molecular complexity index is 485. The van der Waals surface area contributed by atoms with Gasteiger partial charge in [-0.2, -0.15) is 0 Å². The molecule has 0 N–H and O–H groups in total. The lowest BCUT2D eigenvalue weighted by atomic mass is 10.2. The van der Waals surface area contributed by atoms with E-state index in [1.165, 1.54) is 0 Å². The molecule has 0 aliphatic carbocycles. The number of hydrogen-bond donors (Lipinski definition) is 0. The quantitative estimate of drug-likeness (QED) is 0.704. The van der Waals surface area contributed by atoms with Crippen molar-refractivity contribution in [2.24, 2.45) is 0 Å². The molecule has 0 unspecified atom stereocenters. The van der Waals surface area contributed by atoms with Gasteiger partial charge in [0.15, 0.2) is 0 Å². The average Bonchev–Trinajstić information content (AvgIpc) is 2.45. The van der Waals surface area contributed by atoms with Crippen LogP contribution in [0.15, 0.2) is 54.6 Å². The maximum absolute atomic E-state index is 6.02. The SMILES string of the molecule is Clc1ccccc1CO[CH]COCc1ccccc1. The second-order valence-electron chi connectivity index (χ2n) is 4.07. The molecule has 0 aliphatic rings. The molecule has 0 atom stereocenters. The molecular formula is C16H16ClO2. The van der Waals surface area contributed by atoms with Crippen molar-refractivity contribution in [3.05, 3.63) is 77.4 Å². The van der Waals surface area contributed by atoms with E-state index in [1.54, 1.807) is 6.61 Å². The van der Waals surface area contributed by atoms with Crippen molar-refractivity contribution in [3.63, 3.8) is 0 Å². The molecule has 99 valence electrons. The van der Waals surface area contributed by atoms with Crippen LogP contribution in [0.5, 0.6) is 0 Å². The molecule has 2 aromatic carbocycles. The summed E-state index contributed by atoms with van der Waals surface area (Å²) in [4.78, 5) is 0. The van der Waals surface area contributed by atoms with Crippen LogP contribution in [0.2, 0.25) is 5.02 Å². The van der Waals surface area contributed by atoms with Gasteiger partial charge in [-0.3, -0.25) is 0 Å². The lowest BCUT2D eigenvalue weighted by molar-refractivity contribution is 0.0762. The third-order valence-electron chi connectivity index (χ3n) is 2.61. The summed E-state index contributed by atoms with van der Waals surface area (Å²) in [6.45, 7) is 3.17. The van der Waals surface area contributed by atoms with Crippen molar-refractivity contribution in [3.8, 4) is 0 Å². The summed E-state index contributed by atoms with van der Waals surface area (Å²) in [5.41, 5.74) is 2.13. The number of hydrogen-bond acceptors (Lipinski definition) is 2. The molecule has 3 heteroatoms. The molecular weight excluding hydrogens is 260 g/mol. The molecule has 2 aromatic rings. The predicted octanol–water partition coefficient (Wildman–Crippen LogP) is 4.24. The maximum Gasteiger partial charge on any atom is 0.110 e. The van der Waals surface area contributed by atoms with E-state index in [9.17, 15) is 0 Å². The van der Waals surface area contributed by atoms with Gasteiger partial charge in [-0.15, -0.1) is 0 Å². The largest absolute Gasteiger partial charge is 0.374 e. The van der Waals surface area contributed by atoms with Gasteiger partial charge in [0.05, 0.1) is 19.8 Å². The number of benzene rings is 2. The topological polar surface area (TPSA) is 18.5 Å². The molecule has 0 aliphatic heterocycles. The lowest BCUT2D eigenvalue weighted by Gasteiger charge is -2.06. The first kappa shape index (κ1) is 14.1. The van der Waals surface area contributed by atoms with E-state index in [1.807, 2.05) is 54.6 Å². The van der Waals surface area contributed by atoms with Gasteiger partial charge in [0.1, 0.15) is 6.61 Å². The number of halogens is 1. The van der Waals surface area contributed by atoms with Crippen LogP contribution in [-0.2, 0) is 22.7 Å². The maximum atomic E-state index is 6.02. The van der Waals surface area contributed by atoms with Gasteiger partial charge in [0, 0.05) is 5.02 Å². The molecule has 1 radical (unpaired) electrons. The molecule has 0 saturated carbocycles. The summed E-state index contributed by atoms with van der Waals surface area (Å²) in [5, 5.41) is 0.723. The molecule has 0 amide bonds. The fourth-order valence-corrected chi connectivity index (χ4v) is 1.80. The van der Waals surface area contributed by atoms with Crippen molar-refractivity contribution in [1.29, 1.82) is 0 Å². The normalized spacial score (nSPS) is 10.6. The van der Waals surface area contributed by atoms with Gasteiger partial charge in [-0.1, -0.05) is 60.1 Å². The summed E-state index contributed by atoms with van der Waals surface area (Å²) >= 11 is 6.02. The summed E-state index contributed by atoms with van der Waals surface area (Å²) in [6.07, 6.45) is 0. The molecule has 0 spiro atoms. The first-order chi connectivity index (χ1) is 9.36. The standard InChI is InChI=1S/C16H16ClO2/c17-16-9-5-4-8-15(16)13-19-11-10-18-12-14-6-2-1-3-7-14/h1-9,11H,10,12-13H2. The zero-order valence-electron chi connectivity index (χ0n) is 10.6. The molecule has 19 heavy (non-hydrogen) atoms. The monoisotopic (exact) mass is 275 g/mol. The highest BCUT2D eigenvalue weighted by Gasteiger charge is 1.99. The zero-order chi connectivity index (χ0) is 13.3. The Morgan fingerprint density at radius 3 is 2.42 bits per heavy atom. The van der Waals surface area contributed by atoms with Crippen molar-refractivity contribution in [1.82, 2.24) is 0 Å². The van der Waals surface area contributed by atoms with E-state index < -0.39 is 0 Å². The fraction of sp³-hybridized carbons (Fsp3) is 0.188. The van der Waals surface area contributed by atoms with E-state index in [0.29, 0.717) is 19.8 Å². The van der Waals surface area contributed by atoms with Gasteiger partial charge < -0.3 is 9.47 Å². The van der Waals surface area contributed by atoms with E-state index in [0.717, 1.165) is 16.1 Å². The minimum absolute atomic E-state index is 0.458. The lowest BCUT2D eigenvalue weighted by Crippen LogP contribution is -1.99. The van der Waals surface area contributed by atoms with Crippen LogP contribution in [0.3, 0.4) is 0 Å². The van der Waals surface area contributed by atoms with Crippen molar-refractivity contribution < 1.29 is 9.47 Å². The number of ether oxygens (including phenoxy) is 2. The van der Waals surface area contributed by atoms with Crippen LogP contribution in [-0.4, -0.2) is 6.61 Å². The summed E-state index contributed by atoms with van der Waals surface area (Å²) in [5.74, 6) is 0. The summed E-state index contributed by atoms with van der Waals surface area (Å²) in [7, 11) is 0. The van der Waals surface area contributed by atoms with Crippen LogP contribution in [0.25, 0.3) is 0 Å². The molecule has 0 saturated heterocycles. The second kappa shape index (κ2) is 7.95. The van der Waals surface area contributed by atoms with Gasteiger partial charge in [-0.25, -0.2) is 0 Å². The minimum Gasteiger partial charge on any atom is -0.374 e. The van der Waals surface area contributed by atoms with E-state index >= 15 is 0 Å². The van der Waals surface area contributed by atoms with E-state index in [2.05, 4.69) is 0 Å². The fourth-order valence-electron chi connectivity index (χ4n) is 1.61. The van der Waals surface area contributed by atoms with Crippen LogP contribution < -0.4 is 0 Å². The van der Waals surface area contributed by atoms with Crippen molar-refractivity contribution >= 4 is 11.6 Å². The predicted molar refractivity (Wildman–Crippen MR) is 76.6 cm³/mol. The van der Waals surface area contributed by atoms with Gasteiger partial charge in [-0.05, 0) is 17.2 Å². The summed E-state index contributed by atoms with van der Waals surface area (Å²) in [6, 6.07) is 17.7. The Kier molecular flexibility index (Phi) is 5.89. The van der Waals surface area contributed by atoms with Crippen molar-refractivity contribution in [2.45, 2.75) is 13.2 Å². The smallest absolute Gasteiger partial charge is 0.110 e. The third kappa shape index (κ3) is 5.03. The van der Waals surface area contributed by atoms with Gasteiger partial charge in [0.25, 0.3) is 0 Å². The molecule has 2 rings (SSSR count). The van der Waals surface area contributed by atoms with Gasteiger partial charge >= 0.3 is 0 Å². The Hall–Kier alpha value is -1.35. The van der Waals surface area contributed by atoms with Crippen LogP contribution in [0, 0.1) is 6.61 Å². The van der Waals surface area contributed by atoms with Crippen LogP contribution >= 0.6 is 11.6 Å².